The summed E-state index contributed by atoms with van der Waals surface area (Å²) < 4.78 is 50.8. The highest BCUT2D eigenvalue weighted by Gasteiger charge is 2.31. The third kappa shape index (κ3) is 5.56. The summed E-state index contributed by atoms with van der Waals surface area (Å²) in [5.74, 6) is -1.87. The smallest absolute Gasteiger partial charge is 0.416 e. The van der Waals surface area contributed by atoms with Gasteiger partial charge in [-0.2, -0.15) is 13.2 Å². The van der Waals surface area contributed by atoms with E-state index < -0.39 is 39.7 Å². The molecule has 0 spiro atoms. The molecule has 0 fully saturated rings. The van der Waals surface area contributed by atoms with Crippen LogP contribution in [0.1, 0.15) is 28.4 Å². The molecule has 0 aliphatic heterocycles. The first-order valence-corrected chi connectivity index (χ1v) is 9.62. The fraction of sp³-hybridized carbons (Fsp3) is 0.222. The molecule has 2 unspecified atom stereocenters. The molecule has 0 saturated carbocycles. The van der Waals surface area contributed by atoms with E-state index in [1.54, 1.807) is 0 Å². The highest BCUT2D eigenvalue weighted by atomic mass is 35.5. The highest BCUT2D eigenvalue weighted by Crippen LogP contribution is 2.33. The van der Waals surface area contributed by atoms with Gasteiger partial charge in [-0.05, 0) is 42.8 Å². The monoisotopic (exact) mass is 433 g/mol. The summed E-state index contributed by atoms with van der Waals surface area (Å²) in [7, 11) is -1.69. The third-order valence-corrected chi connectivity index (χ3v) is 5.78. The molecule has 28 heavy (non-hydrogen) atoms. The van der Waals surface area contributed by atoms with Gasteiger partial charge < -0.3 is 10.4 Å². The van der Waals surface area contributed by atoms with Crippen LogP contribution in [0.4, 0.5) is 18.9 Å². The number of anilines is 1. The number of amides is 1. The van der Waals surface area contributed by atoms with E-state index in [0.29, 0.717) is 11.6 Å². The summed E-state index contributed by atoms with van der Waals surface area (Å²) in [6.45, 7) is 1.37. The molecule has 0 aliphatic carbocycles. The van der Waals surface area contributed by atoms with E-state index in [2.05, 4.69) is 5.32 Å². The molecule has 0 bridgehead atoms. The zero-order valence-electron chi connectivity index (χ0n) is 14.4. The number of rotatable bonds is 6. The van der Waals surface area contributed by atoms with Gasteiger partial charge in [-0.3, -0.25) is 9.00 Å². The van der Waals surface area contributed by atoms with Gasteiger partial charge in [0.2, 0.25) is 5.91 Å². The fourth-order valence-electron chi connectivity index (χ4n) is 2.18. The van der Waals surface area contributed by atoms with Crippen molar-refractivity contribution in [3.63, 3.8) is 0 Å². The van der Waals surface area contributed by atoms with E-state index in [4.69, 9.17) is 16.7 Å². The summed E-state index contributed by atoms with van der Waals surface area (Å²) in [6, 6.07) is 8.18. The van der Waals surface area contributed by atoms with Gasteiger partial charge in [-0.25, -0.2) is 4.79 Å². The number of carbonyl (C=O) groups excluding carboxylic acids is 1. The van der Waals surface area contributed by atoms with Gasteiger partial charge in [0.05, 0.1) is 21.8 Å². The van der Waals surface area contributed by atoms with Crippen LogP contribution in [0.2, 0.25) is 5.02 Å². The van der Waals surface area contributed by atoms with Gasteiger partial charge in [0.1, 0.15) is 5.25 Å². The first kappa shape index (κ1) is 21.9. The van der Waals surface area contributed by atoms with Crippen LogP contribution in [0.25, 0.3) is 0 Å². The lowest BCUT2D eigenvalue weighted by molar-refractivity contribution is -0.137. The summed E-state index contributed by atoms with van der Waals surface area (Å²) >= 11 is 5.84. The number of nitrogens with one attached hydrogen (secondary N) is 1. The van der Waals surface area contributed by atoms with E-state index in [1.807, 2.05) is 0 Å². The van der Waals surface area contributed by atoms with Crippen LogP contribution in [-0.2, 0) is 27.5 Å². The molecule has 0 heterocycles. The average molecular weight is 434 g/mol. The zero-order valence-corrected chi connectivity index (χ0v) is 16.0. The summed E-state index contributed by atoms with van der Waals surface area (Å²) in [5.41, 5.74) is -0.574. The molecular weight excluding hydrogens is 419 g/mol. The van der Waals surface area contributed by atoms with Crippen LogP contribution in [0.15, 0.2) is 42.5 Å². The van der Waals surface area contributed by atoms with Crippen LogP contribution in [0.3, 0.4) is 0 Å². The van der Waals surface area contributed by atoms with Crippen molar-refractivity contribution in [1.29, 1.82) is 0 Å². The molecule has 0 saturated heterocycles. The molecule has 0 radical (unpaired) electrons. The minimum absolute atomic E-state index is 0.0230. The van der Waals surface area contributed by atoms with E-state index in [-0.39, 0.29) is 22.0 Å². The molecule has 150 valence electrons. The molecule has 0 aliphatic rings. The van der Waals surface area contributed by atoms with E-state index in [9.17, 15) is 27.0 Å². The molecule has 2 aromatic rings. The van der Waals surface area contributed by atoms with E-state index in [1.165, 1.54) is 31.2 Å². The number of benzene rings is 2. The Morgan fingerprint density at radius 2 is 1.79 bits per heavy atom. The fourth-order valence-corrected chi connectivity index (χ4v) is 3.42. The first-order valence-electron chi connectivity index (χ1n) is 7.86. The Morgan fingerprint density at radius 3 is 2.32 bits per heavy atom. The zero-order chi connectivity index (χ0) is 21.1. The second-order valence-corrected chi connectivity index (χ2v) is 8.02. The second kappa shape index (κ2) is 8.74. The minimum atomic E-state index is -4.60. The van der Waals surface area contributed by atoms with Crippen molar-refractivity contribution in [2.24, 2.45) is 0 Å². The largest absolute Gasteiger partial charge is 0.478 e. The number of alkyl halides is 3. The van der Waals surface area contributed by atoms with Crippen LogP contribution in [-0.4, -0.2) is 26.4 Å². The molecule has 2 atom stereocenters. The number of carbonyl (C=O) groups is 2. The Bertz CT molecular complexity index is 916. The third-order valence-electron chi connectivity index (χ3n) is 3.82. The van der Waals surface area contributed by atoms with Crippen molar-refractivity contribution in [2.75, 3.05) is 5.32 Å². The predicted molar refractivity (Wildman–Crippen MR) is 99.8 cm³/mol. The Kier molecular flexibility index (Phi) is 6.84. The molecule has 2 rings (SSSR count). The maximum atomic E-state index is 12.8. The number of carboxylic acid groups (broad SMARTS) is 1. The Hall–Kier alpha value is -2.39. The molecular formula is C18H15ClF3NO4S. The molecule has 5 nitrogen and oxygen atoms in total. The van der Waals surface area contributed by atoms with Gasteiger partial charge in [0.15, 0.2) is 0 Å². The van der Waals surface area contributed by atoms with Gasteiger partial charge in [0.25, 0.3) is 0 Å². The number of carboxylic acids is 1. The van der Waals surface area contributed by atoms with Crippen LogP contribution in [0.5, 0.6) is 0 Å². The maximum Gasteiger partial charge on any atom is 0.416 e. The van der Waals surface area contributed by atoms with Crippen molar-refractivity contribution >= 4 is 40.0 Å². The lowest BCUT2D eigenvalue weighted by Crippen LogP contribution is -2.30. The van der Waals surface area contributed by atoms with Crippen LogP contribution in [0, 0.1) is 0 Å². The normalized spacial score (nSPS) is 13.6. The lowest BCUT2D eigenvalue weighted by atomic mass is 10.1. The SMILES string of the molecule is CC(C(=O)Nc1cc(C(F)(F)F)ccc1Cl)S(=O)Cc1ccc(C(=O)O)cc1. The number of hydrogen-bond donors (Lipinski definition) is 2. The molecule has 0 aromatic heterocycles. The maximum absolute atomic E-state index is 12.8. The summed E-state index contributed by atoms with van der Waals surface area (Å²) in [6.07, 6.45) is -4.60. The number of hydrogen-bond acceptors (Lipinski definition) is 3. The first-order chi connectivity index (χ1) is 13.0. The topological polar surface area (TPSA) is 83.5 Å². The van der Waals surface area contributed by atoms with E-state index in [0.717, 1.165) is 12.1 Å². The average Bonchev–Trinajstić information content (AvgIpc) is 2.62. The van der Waals surface area contributed by atoms with E-state index >= 15 is 0 Å². The Labute approximate surface area is 166 Å². The van der Waals surface area contributed by atoms with Crippen molar-refractivity contribution in [3.05, 3.63) is 64.2 Å². The van der Waals surface area contributed by atoms with Gasteiger partial charge >= 0.3 is 12.1 Å². The van der Waals surface area contributed by atoms with Crippen LogP contribution >= 0.6 is 11.6 Å². The summed E-state index contributed by atoms with van der Waals surface area (Å²) in [5, 5.41) is 10.0. The Balaban J connectivity index is 2.07. The van der Waals surface area contributed by atoms with Gasteiger partial charge in [0, 0.05) is 16.6 Å². The quantitative estimate of drug-likeness (QED) is 0.710. The minimum Gasteiger partial charge on any atom is -0.478 e. The van der Waals surface area contributed by atoms with Crippen molar-refractivity contribution < 1.29 is 32.1 Å². The molecule has 10 heteroatoms. The van der Waals surface area contributed by atoms with Crippen molar-refractivity contribution in [2.45, 2.75) is 24.1 Å². The number of halogens is 4. The standard InChI is InChI=1S/C18H15ClF3NO4S/c1-10(28(27)9-11-2-4-12(5-3-11)17(25)26)16(24)23-15-8-13(18(20,21)22)6-7-14(15)19/h2-8,10H,9H2,1H3,(H,23,24)(H,25,26). The molecule has 2 N–H and O–H groups in total. The Morgan fingerprint density at radius 1 is 1.18 bits per heavy atom. The van der Waals surface area contributed by atoms with Gasteiger partial charge in [-0.1, -0.05) is 23.7 Å². The highest BCUT2D eigenvalue weighted by molar-refractivity contribution is 7.85. The molecule has 2 aromatic carbocycles. The van der Waals surface area contributed by atoms with Crippen molar-refractivity contribution in [1.82, 2.24) is 0 Å². The van der Waals surface area contributed by atoms with Crippen molar-refractivity contribution in [3.8, 4) is 0 Å². The summed E-state index contributed by atoms with van der Waals surface area (Å²) in [4.78, 5) is 23.1. The van der Waals surface area contributed by atoms with Crippen LogP contribution < -0.4 is 5.32 Å². The number of aromatic carboxylic acids is 1. The lowest BCUT2D eigenvalue weighted by Gasteiger charge is -2.15. The predicted octanol–water partition coefficient (Wildman–Crippen LogP) is 4.33. The molecule has 1 amide bonds. The van der Waals surface area contributed by atoms with Gasteiger partial charge in [-0.15, -0.1) is 0 Å². The second-order valence-electron chi connectivity index (χ2n) is 5.85.